The van der Waals surface area contributed by atoms with Gasteiger partial charge in [-0.25, -0.2) is 4.98 Å². The van der Waals surface area contributed by atoms with Crippen LogP contribution in [0.2, 0.25) is 0 Å². The number of para-hydroxylation sites is 1. The molecule has 3 heterocycles. The van der Waals surface area contributed by atoms with Crippen molar-refractivity contribution in [3.05, 3.63) is 59.5 Å². The third kappa shape index (κ3) is 5.76. The maximum atomic E-state index is 11.5. The molecule has 1 amide bonds. The summed E-state index contributed by atoms with van der Waals surface area (Å²) in [5.74, 6) is 2.27. The summed E-state index contributed by atoms with van der Waals surface area (Å²) in [5, 5.41) is 7.84. The van der Waals surface area contributed by atoms with Gasteiger partial charge in [-0.3, -0.25) is 9.79 Å². The van der Waals surface area contributed by atoms with Gasteiger partial charge in [0.1, 0.15) is 17.2 Å². The number of halogens is 1. The lowest BCUT2D eigenvalue weighted by molar-refractivity contribution is -0.122. The van der Waals surface area contributed by atoms with E-state index in [0.29, 0.717) is 19.0 Å². The summed E-state index contributed by atoms with van der Waals surface area (Å²) < 4.78 is 5.99. The molecule has 0 bridgehead atoms. The lowest BCUT2D eigenvalue weighted by Gasteiger charge is -2.32. The van der Waals surface area contributed by atoms with Gasteiger partial charge >= 0.3 is 0 Å². The van der Waals surface area contributed by atoms with Crippen LogP contribution >= 0.6 is 24.0 Å². The molecule has 9 heteroatoms. The second-order valence-electron chi connectivity index (χ2n) is 8.08. The molecule has 33 heavy (non-hydrogen) atoms. The van der Waals surface area contributed by atoms with E-state index in [1.807, 2.05) is 24.3 Å². The Labute approximate surface area is 211 Å². The van der Waals surface area contributed by atoms with E-state index >= 15 is 0 Å². The third-order valence-corrected chi connectivity index (χ3v) is 6.09. The van der Waals surface area contributed by atoms with Crippen LogP contribution in [0.1, 0.15) is 29.7 Å². The van der Waals surface area contributed by atoms with Crippen molar-refractivity contribution in [2.24, 2.45) is 16.6 Å². The van der Waals surface area contributed by atoms with Crippen molar-refractivity contribution >= 4 is 52.6 Å². The second-order valence-corrected chi connectivity index (χ2v) is 8.08. The van der Waals surface area contributed by atoms with E-state index in [0.717, 1.165) is 59.6 Å². The van der Waals surface area contributed by atoms with Crippen LogP contribution < -0.4 is 21.3 Å². The first kappa shape index (κ1) is 24.8. The number of nitrogens with two attached hydrogens (primary N) is 1. The molecule has 4 rings (SSSR count). The van der Waals surface area contributed by atoms with Crippen LogP contribution in [-0.4, -0.2) is 37.0 Å². The summed E-state index contributed by atoms with van der Waals surface area (Å²) in [6.45, 7) is 4.74. The highest BCUT2D eigenvalue weighted by atomic mass is 127. The Kier molecular flexibility index (Phi) is 8.54. The molecular formula is C24H31IN6O2. The van der Waals surface area contributed by atoms with Gasteiger partial charge in [0.15, 0.2) is 5.96 Å². The molecule has 0 radical (unpaired) electrons. The predicted octanol–water partition coefficient (Wildman–Crippen LogP) is 3.32. The number of fused-ring (bicyclic) bond motifs is 1. The molecule has 3 aromatic rings. The van der Waals surface area contributed by atoms with E-state index in [9.17, 15) is 4.79 Å². The van der Waals surface area contributed by atoms with Crippen molar-refractivity contribution in [1.29, 1.82) is 0 Å². The first-order valence-corrected chi connectivity index (χ1v) is 11.0. The number of primary amides is 1. The van der Waals surface area contributed by atoms with Crippen molar-refractivity contribution in [3.8, 4) is 0 Å². The SMILES string of the molecule is CN=C(NCc1cccnc1N1CCC(C(N)=O)CC1)NCc1oc2ccccc2c1C.I. The van der Waals surface area contributed by atoms with E-state index in [1.54, 1.807) is 13.2 Å². The molecule has 0 spiro atoms. The summed E-state index contributed by atoms with van der Waals surface area (Å²) in [6.07, 6.45) is 3.33. The average molecular weight is 562 g/mol. The highest BCUT2D eigenvalue weighted by Gasteiger charge is 2.25. The largest absolute Gasteiger partial charge is 0.459 e. The van der Waals surface area contributed by atoms with Crippen LogP contribution in [0.3, 0.4) is 0 Å². The summed E-state index contributed by atoms with van der Waals surface area (Å²) in [6, 6.07) is 12.0. The number of nitrogens with zero attached hydrogens (tertiary/aromatic N) is 3. The molecule has 2 aromatic heterocycles. The van der Waals surface area contributed by atoms with Gasteiger partial charge in [-0.05, 0) is 31.9 Å². The number of carbonyl (C=O) groups excluding carboxylic acids is 1. The maximum absolute atomic E-state index is 11.5. The third-order valence-electron chi connectivity index (χ3n) is 6.09. The fourth-order valence-electron chi connectivity index (χ4n) is 4.19. The Morgan fingerprint density at radius 2 is 1.91 bits per heavy atom. The van der Waals surface area contributed by atoms with Crippen LogP contribution in [0.25, 0.3) is 11.0 Å². The Balaban J connectivity index is 0.00000306. The number of aliphatic imine (C=N–C) groups is 1. The Morgan fingerprint density at radius 3 is 2.61 bits per heavy atom. The van der Waals surface area contributed by atoms with E-state index in [2.05, 4.69) is 44.6 Å². The number of rotatable bonds is 6. The first-order chi connectivity index (χ1) is 15.6. The Morgan fingerprint density at radius 1 is 1.18 bits per heavy atom. The molecule has 0 unspecified atom stereocenters. The second kappa shape index (κ2) is 11.4. The molecule has 1 saturated heterocycles. The molecule has 0 atom stereocenters. The summed E-state index contributed by atoms with van der Waals surface area (Å²) in [5.41, 5.74) is 8.58. The van der Waals surface area contributed by atoms with Crippen LogP contribution in [0, 0.1) is 12.8 Å². The van der Waals surface area contributed by atoms with Crippen molar-refractivity contribution < 1.29 is 9.21 Å². The molecule has 1 aliphatic rings. The minimum atomic E-state index is -0.206. The number of benzene rings is 1. The standard InChI is InChI=1S/C24H30N6O2.HI/c1-16-19-7-3-4-8-20(19)32-21(16)15-29-24(26-2)28-14-18-6-5-11-27-23(18)30-12-9-17(10-13-30)22(25)31;/h3-8,11,17H,9-10,12-15H2,1-2H3,(H2,25,31)(H2,26,28,29);1H. The number of nitrogens with one attached hydrogen (secondary N) is 2. The number of aryl methyl sites for hydroxylation is 1. The number of guanidine groups is 1. The Bertz CT molecular complexity index is 1120. The number of amides is 1. The van der Waals surface area contributed by atoms with Gasteiger partial charge < -0.3 is 25.7 Å². The smallest absolute Gasteiger partial charge is 0.220 e. The van der Waals surface area contributed by atoms with E-state index in [-0.39, 0.29) is 35.8 Å². The molecule has 0 aliphatic carbocycles. The molecule has 0 saturated carbocycles. The zero-order valence-electron chi connectivity index (χ0n) is 19.0. The maximum Gasteiger partial charge on any atom is 0.220 e. The Hall–Kier alpha value is -2.82. The van der Waals surface area contributed by atoms with Gasteiger partial charge in [-0.2, -0.15) is 0 Å². The summed E-state index contributed by atoms with van der Waals surface area (Å²) in [7, 11) is 1.75. The number of aromatic nitrogens is 1. The van der Waals surface area contributed by atoms with Crippen molar-refractivity contribution in [1.82, 2.24) is 15.6 Å². The van der Waals surface area contributed by atoms with Crippen molar-refractivity contribution in [3.63, 3.8) is 0 Å². The minimum absolute atomic E-state index is 0. The zero-order chi connectivity index (χ0) is 22.5. The molecule has 1 aliphatic heterocycles. The number of furan rings is 1. The highest BCUT2D eigenvalue weighted by molar-refractivity contribution is 14.0. The lowest BCUT2D eigenvalue weighted by atomic mass is 9.96. The molecule has 176 valence electrons. The lowest BCUT2D eigenvalue weighted by Crippen LogP contribution is -2.40. The van der Waals surface area contributed by atoms with Gasteiger partial charge in [-0.1, -0.05) is 24.3 Å². The van der Waals surface area contributed by atoms with Gasteiger partial charge in [0.05, 0.1) is 6.54 Å². The van der Waals surface area contributed by atoms with Crippen LogP contribution in [0.15, 0.2) is 52.0 Å². The number of carbonyl (C=O) groups is 1. The molecule has 1 fully saturated rings. The van der Waals surface area contributed by atoms with Gasteiger partial charge in [-0.15, -0.1) is 24.0 Å². The van der Waals surface area contributed by atoms with E-state index in [4.69, 9.17) is 10.2 Å². The number of anilines is 1. The average Bonchev–Trinajstić information content (AvgIpc) is 3.15. The molecular weight excluding hydrogens is 531 g/mol. The number of pyridine rings is 1. The van der Waals surface area contributed by atoms with Crippen LogP contribution in [-0.2, 0) is 17.9 Å². The summed E-state index contributed by atoms with van der Waals surface area (Å²) in [4.78, 5) is 22.6. The normalized spacial score (nSPS) is 14.7. The monoisotopic (exact) mass is 562 g/mol. The summed E-state index contributed by atoms with van der Waals surface area (Å²) >= 11 is 0. The van der Waals surface area contributed by atoms with Gasteiger partial charge in [0, 0.05) is 55.3 Å². The number of piperidine rings is 1. The first-order valence-electron chi connectivity index (χ1n) is 11.0. The number of hydrogen-bond acceptors (Lipinski definition) is 5. The predicted molar refractivity (Wildman–Crippen MR) is 142 cm³/mol. The quantitative estimate of drug-likeness (QED) is 0.242. The fourth-order valence-corrected chi connectivity index (χ4v) is 4.19. The van der Waals surface area contributed by atoms with Crippen LogP contribution in [0.5, 0.6) is 0 Å². The molecule has 4 N–H and O–H groups in total. The van der Waals surface area contributed by atoms with Crippen molar-refractivity contribution in [2.45, 2.75) is 32.9 Å². The van der Waals surface area contributed by atoms with Crippen molar-refractivity contribution in [2.75, 3.05) is 25.0 Å². The molecule has 1 aromatic carbocycles. The number of hydrogen-bond donors (Lipinski definition) is 3. The van der Waals surface area contributed by atoms with Gasteiger partial charge in [0.25, 0.3) is 0 Å². The zero-order valence-corrected chi connectivity index (χ0v) is 21.3. The highest BCUT2D eigenvalue weighted by Crippen LogP contribution is 2.25. The van der Waals surface area contributed by atoms with Crippen LogP contribution in [0.4, 0.5) is 5.82 Å². The molecule has 8 nitrogen and oxygen atoms in total. The van der Waals surface area contributed by atoms with E-state index < -0.39 is 0 Å². The minimum Gasteiger partial charge on any atom is -0.459 e. The van der Waals surface area contributed by atoms with Gasteiger partial charge in [0.2, 0.25) is 5.91 Å². The topological polar surface area (TPSA) is 109 Å². The van der Waals surface area contributed by atoms with E-state index in [1.165, 1.54) is 0 Å². The fraction of sp³-hybridized carbons (Fsp3) is 0.375.